The fraction of sp³-hybridized carbons (Fsp3) is 0.0345. The molecule has 0 atom stereocenters. The van der Waals surface area contributed by atoms with Crippen LogP contribution in [-0.2, 0) is 6.67 Å². The van der Waals surface area contributed by atoms with E-state index in [9.17, 15) is 0 Å². The van der Waals surface area contributed by atoms with Gasteiger partial charge in [0.1, 0.15) is 6.67 Å². The van der Waals surface area contributed by atoms with Crippen molar-refractivity contribution >= 4 is 62.0 Å². The highest BCUT2D eigenvalue weighted by Crippen LogP contribution is 2.32. The largest absolute Gasteiger partial charge is 0.320 e. The van der Waals surface area contributed by atoms with Crippen LogP contribution in [0.2, 0.25) is 0 Å². The minimum Gasteiger partial charge on any atom is -0.320 e. The highest BCUT2D eigenvalue weighted by Gasteiger charge is 2.16. The highest BCUT2D eigenvalue weighted by atomic mass is 32.1. The second-order valence-corrected chi connectivity index (χ2v) is 8.71. The van der Waals surface area contributed by atoms with Crippen LogP contribution in [0, 0.1) is 0 Å². The summed E-state index contributed by atoms with van der Waals surface area (Å²) in [5, 5.41) is 9.03. The topological polar surface area (TPSA) is 29.6 Å². The van der Waals surface area contributed by atoms with Crippen molar-refractivity contribution in [2.75, 3.05) is 0 Å². The molecule has 0 aliphatic carbocycles. The first-order chi connectivity index (χ1) is 16.3. The van der Waals surface area contributed by atoms with Gasteiger partial charge in [-0.2, -0.15) is 0 Å². The zero-order valence-electron chi connectivity index (χ0n) is 18.0. The third-order valence-corrected chi connectivity index (χ3v) is 6.89. The monoisotopic (exact) mass is 443 g/mol. The Hall–Kier alpha value is -4.02. The lowest BCUT2D eigenvalue weighted by molar-refractivity contribution is 0.793. The molecule has 0 aliphatic rings. The molecule has 0 saturated heterocycles. The van der Waals surface area contributed by atoms with E-state index in [1.807, 2.05) is 5.38 Å². The molecule has 4 aromatic carbocycles. The number of benzene rings is 4. The van der Waals surface area contributed by atoms with Crippen LogP contribution in [0.15, 0.2) is 112 Å². The average molecular weight is 444 g/mol. The van der Waals surface area contributed by atoms with Crippen LogP contribution < -0.4 is 0 Å². The molecule has 2 aromatic heterocycles. The second-order valence-electron chi connectivity index (χ2n) is 7.97. The summed E-state index contributed by atoms with van der Waals surface area (Å²) in [7, 11) is 0. The van der Waals surface area contributed by atoms with Gasteiger partial charge in [-0.3, -0.25) is 9.98 Å². The number of aliphatic imine (C=N–C) groups is 2. The Morgan fingerprint density at radius 2 is 1.33 bits per heavy atom. The fourth-order valence-corrected chi connectivity index (χ4v) is 5.40. The maximum atomic E-state index is 5.24. The predicted molar refractivity (Wildman–Crippen MR) is 143 cm³/mol. The van der Waals surface area contributed by atoms with Crippen molar-refractivity contribution in [1.29, 1.82) is 0 Å². The normalized spacial score (nSPS) is 12.1. The second kappa shape index (κ2) is 8.15. The number of rotatable bonds is 5. The Balaban J connectivity index is 1.59. The van der Waals surface area contributed by atoms with E-state index in [4.69, 9.17) is 4.99 Å². The summed E-state index contributed by atoms with van der Waals surface area (Å²) in [6.45, 7) is 4.30. The summed E-state index contributed by atoms with van der Waals surface area (Å²) < 4.78 is 2.29. The van der Waals surface area contributed by atoms with E-state index in [-0.39, 0.29) is 0 Å². The zero-order chi connectivity index (χ0) is 22.2. The van der Waals surface area contributed by atoms with E-state index in [0.717, 1.165) is 22.5 Å². The standard InChI is InChI=1S/C29H21N3S/c1-30-26-18-33-17-25(26)29(24-14-8-10-20-9-2-3-11-21(20)24)31-19-32-27-15-6-4-12-22(27)23-13-5-7-16-28(23)32/h2-18H,1,19H2/b31-29-. The molecule has 0 spiro atoms. The summed E-state index contributed by atoms with van der Waals surface area (Å²) in [4.78, 5) is 9.51. The van der Waals surface area contributed by atoms with Gasteiger partial charge in [0, 0.05) is 32.7 Å². The number of hydrogen-bond donors (Lipinski definition) is 0. The van der Waals surface area contributed by atoms with Crippen LogP contribution in [0.5, 0.6) is 0 Å². The van der Waals surface area contributed by atoms with E-state index in [1.54, 1.807) is 11.3 Å². The molecule has 0 unspecified atom stereocenters. The lowest BCUT2D eigenvalue weighted by atomic mass is 9.97. The summed E-state index contributed by atoms with van der Waals surface area (Å²) in [6, 6.07) is 31.9. The Labute approximate surface area is 196 Å². The average Bonchev–Trinajstić information content (AvgIpc) is 3.47. The Kier molecular flexibility index (Phi) is 4.85. The maximum Gasteiger partial charge on any atom is 0.115 e. The van der Waals surface area contributed by atoms with Crippen LogP contribution in [0.3, 0.4) is 0 Å². The van der Waals surface area contributed by atoms with E-state index in [1.165, 1.54) is 32.6 Å². The van der Waals surface area contributed by atoms with Crippen LogP contribution in [0.25, 0.3) is 32.6 Å². The number of hydrogen-bond acceptors (Lipinski definition) is 3. The lowest BCUT2D eigenvalue weighted by Gasteiger charge is -2.12. The van der Waals surface area contributed by atoms with Crippen molar-refractivity contribution in [3.63, 3.8) is 0 Å². The molecule has 0 amide bonds. The van der Waals surface area contributed by atoms with Gasteiger partial charge in [0.15, 0.2) is 0 Å². The number of aromatic nitrogens is 1. The molecule has 4 heteroatoms. The number of nitrogens with zero attached hydrogens (tertiary/aromatic N) is 3. The van der Waals surface area contributed by atoms with Crippen molar-refractivity contribution < 1.29 is 0 Å². The smallest absolute Gasteiger partial charge is 0.115 e. The van der Waals surface area contributed by atoms with Gasteiger partial charge in [-0.05, 0) is 29.6 Å². The fourth-order valence-electron chi connectivity index (χ4n) is 4.63. The summed E-state index contributed by atoms with van der Waals surface area (Å²) in [5.41, 5.74) is 6.31. The van der Waals surface area contributed by atoms with E-state index in [0.29, 0.717) is 6.67 Å². The Morgan fingerprint density at radius 1 is 0.697 bits per heavy atom. The zero-order valence-corrected chi connectivity index (χ0v) is 18.8. The van der Waals surface area contributed by atoms with Crippen LogP contribution in [0.1, 0.15) is 11.1 Å². The minimum atomic E-state index is 0.513. The highest BCUT2D eigenvalue weighted by molar-refractivity contribution is 7.08. The van der Waals surface area contributed by atoms with Crippen LogP contribution in [-0.4, -0.2) is 17.0 Å². The first-order valence-corrected chi connectivity index (χ1v) is 11.8. The third-order valence-electron chi connectivity index (χ3n) is 6.16. The molecule has 158 valence electrons. The van der Waals surface area contributed by atoms with E-state index < -0.39 is 0 Å². The van der Waals surface area contributed by atoms with Gasteiger partial charge in [0.25, 0.3) is 0 Å². The summed E-state index contributed by atoms with van der Waals surface area (Å²) in [5.74, 6) is 0. The first-order valence-electron chi connectivity index (χ1n) is 10.9. The molecule has 0 aliphatic heterocycles. The van der Waals surface area contributed by atoms with Crippen molar-refractivity contribution in [2.24, 2.45) is 9.98 Å². The van der Waals surface area contributed by atoms with Crippen LogP contribution >= 0.6 is 11.3 Å². The lowest BCUT2D eigenvalue weighted by Crippen LogP contribution is -2.06. The molecule has 2 heterocycles. The molecular weight excluding hydrogens is 422 g/mol. The van der Waals surface area contributed by atoms with E-state index in [2.05, 4.69) is 113 Å². The van der Waals surface area contributed by atoms with Crippen molar-refractivity contribution in [2.45, 2.75) is 6.67 Å². The van der Waals surface area contributed by atoms with Gasteiger partial charge in [-0.1, -0.05) is 78.9 Å². The maximum absolute atomic E-state index is 5.24. The Morgan fingerprint density at radius 3 is 2.06 bits per heavy atom. The van der Waals surface area contributed by atoms with Gasteiger partial charge >= 0.3 is 0 Å². The van der Waals surface area contributed by atoms with Gasteiger partial charge in [-0.15, -0.1) is 11.3 Å². The van der Waals surface area contributed by atoms with Crippen molar-refractivity contribution in [1.82, 2.24) is 4.57 Å². The van der Waals surface area contributed by atoms with Gasteiger partial charge in [0.05, 0.1) is 22.4 Å². The molecule has 6 aromatic rings. The predicted octanol–water partition coefficient (Wildman–Crippen LogP) is 7.84. The quantitative estimate of drug-likeness (QED) is 0.243. The molecule has 33 heavy (non-hydrogen) atoms. The molecule has 0 saturated carbocycles. The summed E-state index contributed by atoms with van der Waals surface area (Å²) >= 11 is 1.63. The Bertz CT molecular complexity index is 1610. The molecule has 6 rings (SSSR count). The van der Waals surface area contributed by atoms with Crippen LogP contribution in [0.4, 0.5) is 5.69 Å². The molecule has 0 bridgehead atoms. The number of thiophene rings is 1. The molecule has 0 radical (unpaired) electrons. The molecule has 0 N–H and O–H groups in total. The first kappa shape index (κ1) is 19.6. The third kappa shape index (κ3) is 3.27. The molecular formula is C29H21N3S. The SMILES string of the molecule is C=Nc1cscc1/C(=N\Cn1c2ccccc2c2ccccc21)c1cccc2ccccc12. The van der Waals surface area contributed by atoms with Crippen molar-refractivity contribution in [3.05, 3.63) is 113 Å². The minimum absolute atomic E-state index is 0.513. The van der Waals surface area contributed by atoms with Gasteiger partial charge < -0.3 is 4.57 Å². The van der Waals surface area contributed by atoms with Gasteiger partial charge in [-0.25, -0.2) is 0 Å². The van der Waals surface area contributed by atoms with Gasteiger partial charge in [0.2, 0.25) is 0 Å². The van der Waals surface area contributed by atoms with Crippen molar-refractivity contribution in [3.8, 4) is 0 Å². The molecule has 3 nitrogen and oxygen atoms in total. The number of fused-ring (bicyclic) bond motifs is 4. The van der Waals surface area contributed by atoms with E-state index >= 15 is 0 Å². The number of para-hydroxylation sites is 2. The summed E-state index contributed by atoms with van der Waals surface area (Å²) in [6.07, 6.45) is 0. The molecule has 0 fully saturated rings.